The summed E-state index contributed by atoms with van der Waals surface area (Å²) in [4.78, 5) is 14.1. The van der Waals surface area contributed by atoms with E-state index in [0.717, 1.165) is 37.7 Å². The Bertz CT molecular complexity index is 454. The van der Waals surface area contributed by atoms with Crippen molar-refractivity contribution in [3.63, 3.8) is 0 Å². The molecule has 2 aliphatic heterocycles. The fourth-order valence-corrected chi connectivity index (χ4v) is 3.28. The Balaban J connectivity index is 1.66. The molecule has 0 unspecified atom stereocenters. The molecule has 1 aromatic heterocycles. The predicted octanol–water partition coefficient (Wildman–Crippen LogP) is 1.40. The van der Waals surface area contributed by atoms with Gasteiger partial charge in [-0.25, -0.2) is 0 Å². The highest BCUT2D eigenvalue weighted by molar-refractivity contribution is 5.79. The monoisotopic (exact) mass is 248 g/mol. The van der Waals surface area contributed by atoms with E-state index in [1.54, 1.807) is 0 Å². The van der Waals surface area contributed by atoms with Crippen LogP contribution in [0.15, 0.2) is 16.5 Å². The minimum Gasteiger partial charge on any atom is -0.465 e. The summed E-state index contributed by atoms with van der Waals surface area (Å²) in [6.07, 6.45) is 0. The van der Waals surface area contributed by atoms with E-state index in [9.17, 15) is 4.79 Å². The van der Waals surface area contributed by atoms with E-state index >= 15 is 0 Å². The number of piperidine rings is 1. The number of furan rings is 1. The van der Waals surface area contributed by atoms with Gasteiger partial charge in [0.1, 0.15) is 11.5 Å². The number of nitrogens with one attached hydrogen (secondary N) is 1. The molecule has 2 saturated heterocycles. The molecule has 0 aromatic carbocycles. The molecule has 3 atom stereocenters. The zero-order chi connectivity index (χ0) is 12.7. The van der Waals surface area contributed by atoms with Gasteiger partial charge in [-0.3, -0.25) is 9.69 Å². The molecule has 18 heavy (non-hydrogen) atoms. The second-order valence-corrected chi connectivity index (χ2v) is 5.66. The Hall–Kier alpha value is -1.29. The first-order chi connectivity index (χ1) is 8.63. The van der Waals surface area contributed by atoms with Crippen molar-refractivity contribution >= 4 is 5.91 Å². The van der Waals surface area contributed by atoms with Gasteiger partial charge in [-0.05, 0) is 30.9 Å². The van der Waals surface area contributed by atoms with Crippen LogP contribution in [0.5, 0.6) is 0 Å². The first-order valence-electron chi connectivity index (χ1n) is 6.69. The highest BCUT2D eigenvalue weighted by atomic mass is 16.3. The fraction of sp³-hybridized carbons (Fsp3) is 0.643. The van der Waals surface area contributed by atoms with Crippen LogP contribution in [0.25, 0.3) is 0 Å². The molecule has 4 heteroatoms. The van der Waals surface area contributed by atoms with E-state index in [1.165, 1.54) is 0 Å². The number of amides is 1. The number of nitrogens with zero attached hydrogens (tertiary/aromatic N) is 1. The molecule has 3 rings (SSSR count). The van der Waals surface area contributed by atoms with Crippen LogP contribution >= 0.6 is 0 Å². The Labute approximate surface area is 107 Å². The van der Waals surface area contributed by atoms with Gasteiger partial charge in [-0.15, -0.1) is 0 Å². The second kappa shape index (κ2) is 4.43. The first-order valence-corrected chi connectivity index (χ1v) is 6.69. The van der Waals surface area contributed by atoms with Crippen molar-refractivity contribution in [3.8, 4) is 0 Å². The van der Waals surface area contributed by atoms with Gasteiger partial charge in [-0.1, -0.05) is 6.92 Å². The summed E-state index contributed by atoms with van der Waals surface area (Å²) in [6, 6.07) is 4.05. The van der Waals surface area contributed by atoms with Crippen LogP contribution in [0.2, 0.25) is 0 Å². The number of likely N-dealkylation sites (tertiary alicyclic amines) is 1. The number of carbonyl (C=O) groups excluding carboxylic acids is 1. The number of aryl methyl sites for hydroxylation is 1. The van der Waals surface area contributed by atoms with Crippen LogP contribution in [0.4, 0.5) is 0 Å². The first kappa shape index (κ1) is 11.8. The lowest BCUT2D eigenvalue weighted by Gasteiger charge is -2.30. The van der Waals surface area contributed by atoms with Crippen molar-refractivity contribution < 1.29 is 9.21 Å². The lowest BCUT2D eigenvalue weighted by molar-refractivity contribution is -0.128. The number of hydrogen-bond donors (Lipinski definition) is 1. The normalized spacial score (nSPS) is 32.3. The molecule has 2 fully saturated rings. The summed E-state index contributed by atoms with van der Waals surface area (Å²) in [5, 5.41) is 3.00. The molecule has 1 N–H and O–H groups in total. The van der Waals surface area contributed by atoms with Gasteiger partial charge in [0.2, 0.25) is 5.91 Å². The maximum atomic E-state index is 11.7. The van der Waals surface area contributed by atoms with Gasteiger partial charge in [0.05, 0.1) is 6.54 Å². The molecular weight excluding hydrogens is 228 g/mol. The van der Waals surface area contributed by atoms with E-state index in [1.807, 2.05) is 26.0 Å². The third kappa shape index (κ3) is 2.05. The quantitative estimate of drug-likeness (QED) is 0.860. The van der Waals surface area contributed by atoms with Crippen LogP contribution < -0.4 is 5.32 Å². The topological polar surface area (TPSA) is 45.5 Å². The van der Waals surface area contributed by atoms with Crippen molar-refractivity contribution in [2.75, 3.05) is 19.6 Å². The van der Waals surface area contributed by atoms with Crippen molar-refractivity contribution in [2.24, 2.45) is 17.8 Å². The van der Waals surface area contributed by atoms with Gasteiger partial charge in [0.25, 0.3) is 0 Å². The molecule has 3 heterocycles. The summed E-state index contributed by atoms with van der Waals surface area (Å²) in [5.41, 5.74) is 0. The Morgan fingerprint density at radius 1 is 1.44 bits per heavy atom. The SMILES string of the molecule is Cc1ccc(CN2C[C@@H]3CNC(=O)[C@@H](C)[C@@H]3C2)o1. The molecule has 1 amide bonds. The second-order valence-electron chi connectivity index (χ2n) is 5.66. The molecule has 98 valence electrons. The van der Waals surface area contributed by atoms with Gasteiger partial charge >= 0.3 is 0 Å². The maximum Gasteiger partial charge on any atom is 0.223 e. The molecular formula is C14H20N2O2. The van der Waals surface area contributed by atoms with Crippen molar-refractivity contribution in [2.45, 2.75) is 20.4 Å². The Kier molecular flexibility index (Phi) is 2.90. The number of carbonyl (C=O) groups is 1. The number of fused-ring (bicyclic) bond motifs is 1. The molecule has 2 aliphatic rings. The minimum absolute atomic E-state index is 0.145. The van der Waals surface area contributed by atoms with Gasteiger partial charge < -0.3 is 9.73 Å². The summed E-state index contributed by atoms with van der Waals surface area (Å²) < 4.78 is 5.62. The summed E-state index contributed by atoms with van der Waals surface area (Å²) in [7, 11) is 0. The van der Waals surface area contributed by atoms with Gasteiger partial charge in [0, 0.05) is 25.6 Å². The van der Waals surface area contributed by atoms with E-state index in [0.29, 0.717) is 11.8 Å². The standard InChI is InChI=1S/C14H20N2O2/c1-9-3-4-12(18-9)7-16-6-11-5-15-14(17)10(2)13(11)8-16/h3-4,10-11,13H,5-8H2,1-2H3,(H,15,17)/t10-,11-,13-/m0/s1. The molecule has 1 aromatic rings. The lowest BCUT2D eigenvalue weighted by atomic mass is 9.81. The zero-order valence-electron chi connectivity index (χ0n) is 11.0. The lowest BCUT2D eigenvalue weighted by Crippen LogP contribution is -2.46. The van der Waals surface area contributed by atoms with Crippen LogP contribution in [0.3, 0.4) is 0 Å². The molecule has 0 radical (unpaired) electrons. The molecule has 0 spiro atoms. The van der Waals surface area contributed by atoms with Gasteiger partial charge in [0.15, 0.2) is 0 Å². The summed E-state index contributed by atoms with van der Waals surface area (Å²) in [5.74, 6) is 3.47. The molecule has 0 bridgehead atoms. The highest BCUT2D eigenvalue weighted by Crippen LogP contribution is 2.33. The van der Waals surface area contributed by atoms with E-state index in [-0.39, 0.29) is 11.8 Å². The minimum atomic E-state index is 0.145. The zero-order valence-corrected chi connectivity index (χ0v) is 11.0. The summed E-state index contributed by atoms with van der Waals surface area (Å²) >= 11 is 0. The average Bonchev–Trinajstić information content (AvgIpc) is 2.91. The van der Waals surface area contributed by atoms with E-state index < -0.39 is 0 Å². The molecule has 4 nitrogen and oxygen atoms in total. The smallest absolute Gasteiger partial charge is 0.223 e. The molecule has 0 saturated carbocycles. The van der Waals surface area contributed by atoms with Crippen LogP contribution in [-0.4, -0.2) is 30.4 Å². The Morgan fingerprint density at radius 3 is 3.00 bits per heavy atom. The van der Waals surface area contributed by atoms with Gasteiger partial charge in [-0.2, -0.15) is 0 Å². The third-order valence-electron chi connectivity index (χ3n) is 4.34. The highest BCUT2D eigenvalue weighted by Gasteiger charge is 2.41. The van der Waals surface area contributed by atoms with Crippen molar-refractivity contribution in [3.05, 3.63) is 23.7 Å². The van der Waals surface area contributed by atoms with E-state index in [2.05, 4.69) is 10.2 Å². The number of rotatable bonds is 2. The van der Waals surface area contributed by atoms with Crippen molar-refractivity contribution in [1.82, 2.24) is 10.2 Å². The Morgan fingerprint density at radius 2 is 2.28 bits per heavy atom. The largest absolute Gasteiger partial charge is 0.465 e. The summed E-state index contributed by atoms with van der Waals surface area (Å²) in [6.45, 7) is 7.79. The van der Waals surface area contributed by atoms with Crippen LogP contribution in [0.1, 0.15) is 18.4 Å². The average molecular weight is 248 g/mol. The third-order valence-corrected chi connectivity index (χ3v) is 4.34. The van der Waals surface area contributed by atoms with Crippen molar-refractivity contribution in [1.29, 1.82) is 0 Å². The maximum absolute atomic E-state index is 11.7. The van der Waals surface area contributed by atoms with E-state index in [4.69, 9.17) is 4.42 Å². The van der Waals surface area contributed by atoms with Crippen LogP contribution in [0, 0.1) is 24.7 Å². The molecule has 0 aliphatic carbocycles. The fourth-order valence-electron chi connectivity index (χ4n) is 3.28. The number of hydrogen-bond acceptors (Lipinski definition) is 3. The van der Waals surface area contributed by atoms with Crippen LogP contribution in [-0.2, 0) is 11.3 Å². The predicted molar refractivity (Wildman–Crippen MR) is 67.9 cm³/mol.